The number of hydrogen-bond acceptors (Lipinski definition) is 6. The second-order valence-electron chi connectivity index (χ2n) is 12.1. The van der Waals surface area contributed by atoms with E-state index >= 15 is 0 Å². The summed E-state index contributed by atoms with van der Waals surface area (Å²) in [5.41, 5.74) is 0.988. The van der Waals surface area contributed by atoms with Crippen LogP contribution in [0.3, 0.4) is 0 Å². The largest absolute Gasteiger partial charge is 0.354 e. The predicted molar refractivity (Wildman–Crippen MR) is 182 cm³/mol. The molecule has 0 bridgehead atoms. The fraction of sp³-hybridized carbons (Fsp3) is 0.611. The lowest BCUT2D eigenvalue weighted by Gasteiger charge is -2.14. The lowest BCUT2D eigenvalue weighted by Crippen LogP contribution is -2.45. The summed E-state index contributed by atoms with van der Waals surface area (Å²) in [5, 5.41) is 11.3. The summed E-state index contributed by atoms with van der Waals surface area (Å²) in [6.07, 6.45) is 25.7. The van der Waals surface area contributed by atoms with Crippen molar-refractivity contribution in [2.24, 2.45) is 0 Å². The Morgan fingerprint density at radius 1 is 0.478 bits per heavy atom. The highest BCUT2D eigenvalue weighted by molar-refractivity contribution is 5.97. The predicted octanol–water partition coefficient (Wildman–Crippen LogP) is 5.89. The van der Waals surface area contributed by atoms with Crippen LogP contribution in [0.1, 0.15) is 137 Å². The molecule has 0 aromatic carbocycles. The van der Waals surface area contributed by atoms with Crippen LogP contribution in [0.2, 0.25) is 0 Å². The van der Waals surface area contributed by atoms with Gasteiger partial charge in [-0.05, 0) is 51.0 Å². The number of nitrogens with zero attached hydrogens (tertiary/aromatic N) is 2. The molecule has 2 rings (SSSR count). The number of hydrogen-bond donors (Lipinski definition) is 4. The van der Waals surface area contributed by atoms with Crippen LogP contribution in [0.4, 0.5) is 0 Å². The lowest BCUT2D eigenvalue weighted by atomic mass is 10.0. The van der Waals surface area contributed by atoms with Crippen molar-refractivity contribution in [1.29, 1.82) is 0 Å². The Hall–Kier alpha value is -3.82. The van der Waals surface area contributed by atoms with Crippen LogP contribution >= 0.6 is 0 Å². The van der Waals surface area contributed by atoms with Gasteiger partial charge in [0.25, 0.3) is 11.8 Å². The van der Waals surface area contributed by atoms with E-state index in [4.69, 9.17) is 0 Å². The lowest BCUT2D eigenvalue weighted by molar-refractivity contribution is -0.123. The SMILES string of the molecule is C[C@H](NC(=O)c1ccncc1)C(=O)NCCCCCCCCCCCCCCCCCCNC(=O)[C@H](C)NC(=O)c1ccncc1. The van der Waals surface area contributed by atoms with Gasteiger partial charge in [-0.2, -0.15) is 0 Å². The molecule has 2 aromatic heterocycles. The van der Waals surface area contributed by atoms with Gasteiger partial charge in [-0.15, -0.1) is 0 Å². The van der Waals surface area contributed by atoms with Crippen molar-refractivity contribution >= 4 is 23.6 Å². The minimum absolute atomic E-state index is 0.154. The first-order valence-corrected chi connectivity index (χ1v) is 17.4. The van der Waals surface area contributed by atoms with Gasteiger partial charge in [0.2, 0.25) is 11.8 Å². The average Bonchev–Trinajstić information content (AvgIpc) is 3.07. The topological polar surface area (TPSA) is 142 Å². The molecule has 0 spiro atoms. The number of amides is 4. The van der Waals surface area contributed by atoms with Gasteiger partial charge in [-0.1, -0.05) is 89.9 Å². The van der Waals surface area contributed by atoms with Crippen molar-refractivity contribution in [2.45, 2.75) is 129 Å². The first-order chi connectivity index (χ1) is 22.4. The number of carbonyl (C=O) groups excluding carboxylic acids is 4. The molecule has 2 atom stereocenters. The molecule has 0 aliphatic carbocycles. The molecule has 0 fully saturated rings. The van der Waals surface area contributed by atoms with E-state index in [1.54, 1.807) is 62.9 Å². The molecule has 4 amide bonds. The highest BCUT2D eigenvalue weighted by Gasteiger charge is 2.17. The van der Waals surface area contributed by atoms with Crippen molar-refractivity contribution in [1.82, 2.24) is 31.2 Å². The summed E-state index contributed by atoms with van der Waals surface area (Å²) >= 11 is 0. The van der Waals surface area contributed by atoms with Crippen molar-refractivity contribution in [2.75, 3.05) is 13.1 Å². The molecule has 0 unspecified atom stereocenters. The van der Waals surface area contributed by atoms with Gasteiger partial charge in [-0.25, -0.2) is 0 Å². The summed E-state index contributed by atoms with van der Waals surface area (Å²) in [6, 6.07) is 5.35. The van der Waals surface area contributed by atoms with Gasteiger partial charge < -0.3 is 21.3 Å². The number of carbonyl (C=O) groups is 4. The molecule has 0 saturated carbocycles. The summed E-state index contributed by atoms with van der Waals surface area (Å²) in [7, 11) is 0. The van der Waals surface area contributed by atoms with Crippen molar-refractivity contribution in [3.63, 3.8) is 0 Å². The Labute approximate surface area is 275 Å². The van der Waals surface area contributed by atoms with Crippen LogP contribution < -0.4 is 21.3 Å². The Morgan fingerprint density at radius 2 is 0.739 bits per heavy atom. The molecule has 10 nitrogen and oxygen atoms in total. The molecule has 46 heavy (non-hydrogen) atoms. The van der Waals surface area contributed by atoms with Crippen LogP contribution in [0.15, 0.2) is 49.1 Å². The Kier molecular flexibility index (Phi) is 20.4. The van der Waals surface area contributed by atoms with E-state index in [0.717, 1.165) is 25.7 Å². The van der Waals surface area contributed by atoms with E-state index in [1.807, 2.05) is 0 Å². The van der Waals surface area contributed by atoms with E-state index in [9.17, 15) is 19.2 Å². The monoisotopic (exact) mass is 636 g/mol. The zero-order chi connectivity index (χ0) is 33.2. The number of aromatic nitrogens is 2. The minimum atomic E-state index is -0.573. The Bertz CT molecular complexity index is 1040. The van der Waals surface area contributed by atoms with Crippen LogP contribution in [-0.4, -0.2) is 58.8 Å². The highest BCUT2D eigenvalue weighted by atomic mass is 16.2. The standard InChI is InChI=1S/C36H56N6O4/c1-29(41-35(45)31-19-25-37-26-20-31)33(43)39-23-17-15-13-11-9-7-5-3-4-6-8-10-12-14-16-18-24-40-34(44)30(2)42-36(46)32-21-27-38-28-22-32/h19-22,25-30H,3-18,23-24H2,1-2H3,(H,39,43)(H,40,44)(H,41,45)(H,42,46)/t29-,30-/m0/s1. The molecule has 254 valence electrons. The maximum Gasteiger partial charge on any atom is 0.252 e. The zero-order valence-corrected chi connectivity index (χ0v) is 28.0. The molecular weight excluding hydrogens is 580 g/mol. The molecular formula is C36H56N6O4. The zero-order valence-electron chi connectivity index (χ0n) is 28.0. The first kappa shape index (κ1) is 38.4. The quantitative estimate of drug-likeness (QED) is 0.100. The summed E-state index contributed by atoms with van der Waals surface area (Å²) in [6.45, 7) is 4.68. The van der Waals surface area contributed by atoms with Gasteiger partial charge in [0.1, 0.15) is 12.1 Å². The molecule has 0 saturated heterocycles. The van der Waals surface area contributed by atoms with Gasteiger partial charge in [-0.3, -0.25) is 29.1 Å². The van der Waals surface area contributed by atoms with Gasteiger partial charge in [0.15, 0.2) is 0 Å². The third kappa shape index (κ3) is 17.6. The van der Waals surface area contributed by atoms with Crippen molar-refractivity contribution < 1.29 is 19.2 Å². The maximum absolute atomic E-state index is 12.2. The van der Waals surface area contributed by atoms with Gasteiger partial charge in [0, 0.05) is 49.0 Å². The fourth-order valence-electron chi connectivity index (χ4n) is 5.15. The average molecular weight is 637 g/mol. The number of nitrogens with one attached hydrogen (secondary N) is 4. The highest BCUT2D eigenvalue weighted by Crippen LogP contribution is 2.13. The summed E-state index contributed by atoms with van der Waals surface area (Å²) in [5.74, 6) is -0.851. The molecule has 4 N–H and O–H groups in total. The summed E-state index contributed by atoms with van der Waals surface area (Å²) < 4.78 is 0. The second kappa shape index (κ2) is 24.4. The van der Waals surface area contributed by atoms with E-state index in [-0.39, 0.29) is 23.6 Å². The Balaban J connectivity index is 1.28. The van der Waals surface area contributed by atoms with Gasteiger partial charge in [0.05, 0.1) is 0 Å². The molecule has 10 heteroatoms. The molecule has 0 aliphatic rings. The molecule has 2 aromatic rings. The van der Waals surface area contributed by atoms with E-state index in [1.165, 1.54) is 77.0 Å². The maximum atomic E-state index is 12.2. The normalized spacial score (nSPS) is 12.1. The smallest absolute Gasteiger partial charge is 0.252 e. The number of pyridine rings is 2. The number of unbranched alkanes of at least 4 members (excludes halogenated alkanes) is 15. The fourth-order valence-corrected chi connectivity index (χ4v) is 5.15. The van der Waals surface area contributed by atoms with E-state index in [2.05, 4.69) is 31.2 Å². The third-order valence-corrected chi connectivity index (χ3v) is 8.07. The molecule has 0 radical (unpaired) electrons. The molecule has 2 heterocycles. The first-order valence-electron chi connectivity index (χ1n) is 17.4. The van der Waals surface area contributed by atoms with Crippen LogP contribution in [0, 0.1) is 0 Å². The van der Waals surface area contributed by atoms with Crippen molar-refractivity contribution in [3.05, 3.63) is 60.2 Å². The van der Waals surface area contributed by atoms with E-state index in [0.29, 0.717) is 24.2 Å². The van der Waals surface area contributed by atoms with Crippen LogP contribution in [0.5, 0.6) is 0 Å². The second-order valence-corrected chi connectivity index (χ2v) is 12.1. The Morgan fingerprint density at radius 3 is 1.02 bits per heavy atom. The van der Waals surface area contributed by atoms with Crippen molar-refractivity contribution in [3.8, 4) is 0 Å². The third-order valence-electron chi connectivity index (χ3n) is 8.07. The number of rotatable bonds is 25. The van der Waals surface area contributed by atoms with Crippen LogP contribution in [-0.2, 0) is 9.59 Å². The van der Waals surface area contributed by atoms with Gasteiger partial charge >= 0.3 is 0 Å². The molecule has 0 aliphatic heterocycles. The minimum Gasteiger partial charge on any atom is -0.354 e. The van der Waals surface area contributed by atoms with Crippen LogP contribution in [0.25, 0.3) is 0 Å². The summed E-state index contributed by atoms with van der Waals surface area (Å²) in [4.78, 5) is 56.5. The van der Waals surface area contributed by atoms with E-state index < -0.39 is 12.1 Å².